The molecule has 2 aliphatic rings. The van der Waals surface area contributed by atoms with Gasteiger partial charge in [-0.3, -0.25) is 4.79 Å². The average molecular weight is 436 g/mol. The van der Waals surface area contributed by atoms with E-state index in [4.69, 9.17) is 10.5 Å². The lowest BCUT2D eigenvalue weighted by Gasteiger charge is -2.34. The topological polar surface area (TPSA) is 105 Å². The van der Waals surface area contributed by atoms with E-state index >= 15 is 0 Å². The Morgan fingerprint density at radius 2 is 1.82 bits per heavy atom. The molecule has 1 amide bonds. The number of aliphatic hydroxyl groups is 1. The number of nitrogens with two attached hydrogens (primary N) is 1. The van der Waals surface area contributed by atoms with Gasteiger partial charge in [0.25, 0.3) is 0 Å². The van der Waals surface area contributed by atoms with Crippen LogP contribution in [0.15, 0.2) is 6.07 Å². The molecule has 10 heteroatoms. The molecule has 3 N–H and O–H groups in total. The number of hydrogen-bond acceptors (Lipinski definition) is 7. The van der Waals surface area contributed by atoms with Crippen molar-refractivity contribution in [1.82, 2.24) is 14.9 Å². The van der Waals surface area contributed by atoms with Crippen LogP contribution in [0.1, 0.15) is 37.2 Å². The molecule has 28 heavy (non-hydrogen) atoms. The Hall–Kier alpha value is -1.19. The molecule has 0 radical (unpaired) electrons. The zero-order valence-electron chi connectivity index (χ0n) is 16.4. The second-order valence-electron chi connectivity index (χ2n) is 7.16. The van der Waals surface area contributed by atoms with Crippen LogP contribution in [0, 0.1) is 6.92 Å². The Balaban J connectivity index is 0.00000196. The predicted molar refractivity (Wildman–Crippen MR) is 113 cm³/mol. The fourth-order valence-electron chi connectivity index (χ4n) is 3.55. The molecule has 0 bridgehead atoms. The van der Waals surface area contributed by atoms with Crippen LogP contribution in [0.2, 0.25) is 0 Å². The van der Waals surface area contributed by atoms with Crippen molar-refractivity contribution in [1.29, 1.82) is 0 Å². The van der Waals surface area contributed by atoms with Crippen molar-refractivity contribution >= 4 is 36.5 Å². The van der Waals surface area contributed by atoms with Crippen LogP contribution in [0.4, 0.5) is 5.82 Å². The van der Waals surface area contributed by atoms with Gasteiger partial charge in [0.2, 0.25) is 5.91 Å². The van der Waals surface area contributed by atoms with Crippen LogP contribution < -0.4 is 10.6 Å². The Labute approximate surface area is 178 Å². The van der Waals surface area contributed by atoms with E-state index in [1.54, 1.807) is 11.8 Å². The predicted octanol–water partition coefficient (Wildman–Crippen LogP) is 0.879. The Morgan fingerprint density at radius 1 is 1.21 bits per heavy atom. The van der Waals surface area contributed by atoms with E-state index in [0.717, 1.165) is 56.5 Å². The summed E-state index contributed by atoms with van der Waals surface area (Å²) in [6.45, 7) is 7.89. The maximum atomic E-state index is 12.3. The first-order chi connectivity index (χ1) is 12.5. The Bertz CT molecular complexity index is 636. The van der Waals surface area contributed by atoms with E-state index in [1.165, 1.54) is 0 Å². The van der Waals surface area contributed by atoms with E-state index in [0.29, 0.717) is 19.0 Å². The fourth-order valence-corrected chi connectivity index (χ4v) is 3.55. The molecule has 2 atom stereocenters. The molecule has 1 aromatic rings. The number of carbonyl (C=O) groups excluding carboxylic acids is 1. The number of amides is 1. The first-order valence-electron chi connectivity index (χ1n) is 9.36. The SMILES string of the molecule is Cc1nc(C2CCN(C(=O)[C@@H](N)[C@@H](C)O)CC2)cc(N2CCOCC2)n1.Cl.Cl. The molecule has 0 aromatic carbocycles. The van der Waals surface area contributed by atoms with Gasteiger partial charge in [-0.1, -0.05) is 0 Å². The van der Waals surface area contributed by atoms with Crippen LogP contribution >= 0.6 is 24.8 Å². The van der Waals surface area contributed by atoms with Gasteiger partial charge in [-0.2, -0.15) is 0 Å². The molecule has 0 unspecified atom stereocenters. The molecule has 0 aliphatic carbocycles. The number of aliphatic hydroxyl groups excluding tert-OH is 1. The number of likely N-dealkylation sites (tertiary alicyclic amines) is 1. The normalized spacial score (nSPS) is 20.0. The van der Waals surface area contributed by atoms with Gasteiger partial charge in [0.05, 0.1) is 19.3 Å². The number of carbonyl (C=O) groups is 1. The van der Waals surface area contributed by atoms with E-state index in [1.807, 2.05) is 6.92 Å². The first kappa shape index (κ1) is 24.8. The molecule has 3 heterocycles. The van der Waals surface area contributed by atoms with Crippen LogP contribution in [0.3, 0.4) is 0 Å². The minimum absolute atomic E-state index is 0. The van der Waals surface area contributed by atoms with Gasteiger partial charge >= 0.3 is 0 Å². The van der Waals surface area contributed by atoms with Crippen molar-refractivity contribution < 1.29 is 14.6 Å². The lowest BCUT2D eigenvalue weighted by Crippen LogP contribution is -2.51. The van der Waals surface area contributed by atoms with Crippen molar-refractivity contribution in [3.63, 3.8) is 0 Å². The second kappa shape index (κ2) is 11.1. The monoisotopic (exact) mass is 435 g/mol. The molecule has 3 rings (SSSR count). The minimum atomic E-state index is -0.847. The van der Waals surface area contributed by atoms with Crippen LogP contribution in [-0.4, -0.2) is 77.4 Å². The van der Waals surface area contributed by atoms with Crippen molar-refractivity contribution in [2.45, 2.75) is 44.8 Å². The number of morpholine rings is 1. The molecule has 2 fully saturated rings. The zero-order chi connectivity index (χ0) is 18.7. The van der Waals surface area contributed by atoms with E-state index in [-0.39, 0.29) is 30.7 Å². The molecule has 0 saturated carbocycles. The number of piperidine rings is 1. The Morgan fingerprint density at radius 3 is 2.39 bits per heavy atom. The highest BCUT2D eigenvalue weighted by Crippen LogP contribution is 2.29. The minimum Gasteiger partial charge on any atom is -0.391 e. The Kier molecular flexibility index (Phi) is 9.86. The quantitative estimate of drug-likeness (QED) is 0.722. The number of ether oxygens (including phenoxy) is 1. The zero-order valence-corrected chi connectivity index (χ0v) is 18.0. The van der Waals surface area contributed by atoms with Gasteiger partial charge in [-0.15, -0.1) is 24.8 Å². The van der Waals surface area contributed by atoms with Crippen LogP contribution in [-0.2, 0) is 9.53 Å². The molecular formula is C18H31Cl2N5O3. The number of halogens is 2. The summed E-state index contributed by atoms with van der Waals surface area (Å²) in [6.07, 6.45) is 0.856. The average Bonchev–Trinajstić information content (AvgIpc) is 2.67. The first-order valence-corrected chi connectivity index (χ1v) is 9.36. The van der Waals surface area contributed by atoms with Crippen molar-refractivity contribution in [2.75, 3.05) is 44.3 Å². The van der Waals surface area contributed by atoms with Gasteiger partial charge in [-0.25, -0.2) is 9.97 Å². The molecule has 1 aromatic heterocycles. The number of anilines is 1. The molecule has 8 nitrogen and oxygen atoms in total. The standard InChI is InChI=1S/C18H29N5O3.2ClH/c1-12(24)17(19)18(25)23-5-3-14(4-6-23)15-11-16(21-13(2)20-15)22-7-9-26-10-8-22;;/h11-12,14,17,24H,3-10,19H2,1-2H3;2*1H/t12-,17+;;/m1../s1. The summed E-state index contributed by atoms with van der Waals surface area (Å²) in [7, 11) is 0. The maximum Gasteiger partial charge on any atom is 0.242 e. The highest BCUT2D eigenvalue weighted by molar-refractivity contribution is 5.85. The number of aromatic nitrogens is 2. The van der Waals surface area contributed by atoms with E-state index in [9.17, 15) is 9.90 Å². The highest BCUT2D eigenvalue weighted by atomic mass is 35.5. The third kappa shape index (κ3) is 5.90. The fraction of sp³-hybridized carbons (Fsp3) is 0.722. The van der Waals surface area contributed by atoms with E-state index < -0.39 is 12.1 Å². The second-order valence-corrected chi connectivity index (χ2v) is 7.16. The summed E-state index contributed by atoms with van der Waals surface area (Å²) < 4.78 is 5.42. The summed E-state index contributed by atoms with van der Waals surface area (Å²) in [5.74, 6) is 1.87. The number of nitrogens with zero attached hydrogens (tertiary/aromatic N) is 4. The summed E-state index contributed by atoms with van der Waals surface area (Å²) in [4.78, 5) is 25.5. The number of hydrogen-bond donors (Lipinski definition) is 2. The molecule has 160 valence electrons. The molecule has 2 saturated heterocycles. The summed E-state index contributed by atoms with van der Waals surface area (Å²) in [6, 6.07) is 1.24. The largest absolute Gasteiger partial charge is 0.391 e. The van der Waals surface area contributed by atoms with Crippen LogP contribution in [0.5, 0.6) is 0 Å². The highest BCUT2D eigenvalue weighted by Gasteiger charge is 2.30. The van der Waals surface area contributed by atoms with Gasteiger partial charge in [-0.05, 0) is 26.7 Å². The third-order valence-electron chi connectivity index (χ3n) is 5.21. The number of rotatable bonds is 4. The maximum absolute atomic E-state index is 12.3. The molecule has 2 aliphatic heterocycles. The number of aryl methyl sites for hydroxylation is 1. The van der Waals surface area contributed by atoms with Crippen LogP contribution in [0.25, 0.3) is 0 Å². The van der Waals surface area contributed by atoms with Gasteiger partial charge in [0.15, 0.2) is 0 Å². The van der Waals surface area contributed by atoms with Crippen molar-refractivity contribution in [3.05, 3.63) is 17.6 Å². The van der Waals surface area contributed by atoms with Gasteiger partial charge in [0, 0.05) is 43.9 Å². The molecular weight excluding hydrogens is 405 g/mol. The molecule has 0 spiro atoms. The third-order valence-corrected chi connectivity index (χ3v) is 5.21. The smallest absolute Gasteiger partial charge is 0.242 e. The van der Waals surface area contributed by atoms with Crippen molar-refractivity contribution in [2.24, 2.45) is 5.73 Å². The lowest BCUT2D eigenvalue weighted by molar-refractivity contribution is -0.135. The van der Waals surface area contributed by atoms with Crippen molar-refractivity contribution in [3.8, 4) is 0 Å². The summed E-state index contributed by atoms with van der Waals surface area (Å²) in [5.41, 5.74) is 6.83. The van der Waals surface area contributed by atoms with E-state index in [2.05, 4.69) is 20.9 Å². The summed E-state index contributed by atoms with van der Waals surface area (Å²) >= 11 is 0. The lowest BCUT2D eigenvalue weighted by atomic mass is 9.92. The van der Waals surface area contributed by atoms with Gasteiger partial charge in [0.1, 0.15) is 17.7 Å². The van der Waals surface area contributed by atoms with Gasteiger partial charge < -0.3 is 25.4 Å². The summed E-state index contributed by atoms with van der Waals surface area (Å²) in [5, 5.41) is 9.53.